The fourth-order valence-electron chi connectivity index (χ4n) is 6.82. The number of rotatable bonds is 14. The van der Waals surface area contributed by atoms with Crippen LogP contribution < -0.4 is 5.73 Å². The Labute approximate surface area is 240 Å². The molecule has 2 saturated carbocycles. The SMILES string of the molecule is CCCC1C([C@H](C)O)ON1/C(C(=O)O)=C(\C)CCCN(CCN)C1CC2C(CC1F)C(=O)C(C(=O)O)=CN2C1CC1. The summed E-state index contributed by atoms with van der Waals surface area (Å²) >= 11 is 0. The van der Waals surface area contributed by atoms with Gasteiger partial charge >= 0.3 is 11.9 Å². The summed E-state index contributed by atoms with van der Waals surface area (Å²) in [5.41, 5.74) is 6.37. The van der Waals surface area contributed by atoms with Crippen molar-refractivity contribution in [1.29, 1.82) is 0 Å². The van der Waals surface area contributed by atoms with E-state index in [0.717, 1.165) is 19.3 Å². The van der Waals surface area contributed by atoms with Crippen molar-refractivity contribution in [3.8, 4) is 0 Å². The number of carbonyl (C=O) groups is 3. The van der Waals surface area contributed by atoms with Crippen molar-refractivity contribution in [2.45, 2.75) is 115 Å². The average Bonchev–Trinajstić information content (AvgIpc) is 3.74. The van der Waals surface area contributed by atoms with Crippen LogP contribution in [-0.4, -0.2) is 110 Å². The molecule has 11 nitrogen and oxygen atoms in total. The number of halogens is 1. The van der Waals surface area contributed by atoms with E-state index in [1.165, 1.54) is 11.3 Å². The first-order valence-corrected chi connectivity index (χ1v) is 14.9. The Balaban J connectivity index is 1.45. The minimum atomic E-state index is -1.31. The van der Waals surface area contributed by atoms with Crippen LogP contribution in [0.1, 0.15) is 72.1 Å². The number of aliphatic carboxylic acids is 2. The summed E-state index contributed by atoms with van der Waals surface area (Å²) in [5.74, 6) is -3.53. The molecule has 0 radical (unpaired) electrons. The molecule has 4 aliphatic rings. The van der Waals surface area contributed by atoms with Crippen LogP contribution in [0, 0.1) is 5.92 Å². The standard InChI is InChI=1S/C29H45FN4O7/c1-4-6-22-27(17(3)35)41-34(22)25(29(39)40)16(2)7-5-11-32(12-10-31)24-14-23-19(13-21(24)30)26(36)20(28(37)38)15-33(23)18-8-9-18/h15,17-19,21-24,27,35H,4-14,31H2,1-3H3,(H,37,38)(H,39,40)/b25-16+/t17-,19?,21?,22?,23?,24?,27?/m0/s1. The van der Waals surface area contributed by atoms with E-state index in [2.05, 4.69) is 0 Å². The second-order valence-corrected chi connectivity index (χ2v) is 12.0. The summed E-state index contributed by atoms with van der Waals surface area (Å²) in [6.45, 7) is 6.66. The molecule has 0 aromatic heterocycles. The zero-order valence-electron chi connectivity index (χ0n) is 24.2. The Morgan fingerprint density at radius 2 is 1.95 bits per heavy atom. The number of carboxylic acids is 2. The molecule has 5 N–H and O–H groups in total. The predicted octanol–water partition coefficient (Wildman–Crippen LogP) is 2.05. The van der Waals surface area contributed by atoms with Gasteiger partial charge in [-0.2, -0.15) is 0 Å². The summed E-state index contributed by atoms with van der Waals surface area (Å²) in [4.78, 5) is 46.6. The van der Waals surface area contributed by atoms with Crippen molar-refractivity contribution < 1.29 is 38.9 Å². The van der Waals surface area contributed by atoms with Crippen molar-refractivity contribution in [1.82, 2.24) is 14.9 Å². The number of carboxylic acid groups (broad SMARTS) is 2. The molecule has 0 amide bonds. The minimum Gasteiger partial charge on any atom is -0.478 e. The van der Waals surface area contributed by atoms with Crippen molar-refractivity contribution in [3.63, 3.8) is 0 Å². The molecular weight excluding hydrogens is 535 g/mol. The van der Waals surface area contributed by atoms with Crippen molar-refractivity contribution in [2.24, 2.45) is 11.7 Å². The third kappa shape index (κ3) is 6.60. The lowest BCUT2D eigenvalue weighted by Gasteiger charge is -2.49. The van der Waals surface area contributed by atoms with Gasteiger partial charge in [0.15, 0.2) is 5.78 Å². The molecular formula is C29H45FN4O7. The quantitative estimate of drug-likeness (QED) is 0.176. The molecule has 1 saturated heterocycles. The Kier molecular flexibility index (Phi) is 10.1. The smallest absolute Gasteiger partial charge is 0.354 e. The summed E-state index contributed by atoms with van der Waals surface area (Å²) in [6.07, 6.45) is 3.74. The number of hydroxylamine groups is 2. The molecule has 0 aromatic rings. The van der Waals surface area contributed by atoms with E-state index in [-0.39, 0.29) is 35.8 Å². The van der Waals surface area contributed by atoms with Gasteiger partial charge in [0.25, 0.3) is 0 Å². The van der Waals surface area contributed by atoms with Crippen LogP contribution in [0.15, 0.2) is 23.0 Å². The number of ketones is 1. The molecule has 7 atom stereocenters. The molecule has 0 spiro atoms. The zero-order chi connectivity index (χ0) is 30.0. The number of Topliss-reactive ketones (excluding diaryl/α,β-unsaturated/α-hetero) is 1. The van der Waals surface area contributed by atoms with Crippen molar-refractivity contribution in [3.05, 3.63) is 23.0 Å². The Bertz CT molecular complexity index is 1060. The van der Waals surface area contributed by atoms with Crippen LogP contribution in [-0.2, 0) is 19.2 Å². The highest BCUT2D eigenvalue weighted by atomic mass is 19.1. The van der Waals surface area contributed by atoms with Crippen LogP contribution in [0.2, 0.25) is 0 Å². The number of hydrogen-bond acceptors (Lipinski definition) is 9. The molecule has 12 heteroatoms. The lowest BCUT2D eigenvalue weighted by atomic mass is 9.73. The number of allylic oxidation sites excluding steroid dienone is 1. The van der Waals surface area contributed by atoms with Gasteiger partial charge in [-0.3, -0.25) is 14.5 Å². The number of carbonyl (C=O) groups excluding carboxylic acids is 1. The fourth-order valence-corrected chi connectivity index (χ4v) is 6.82. The van der Waals surface area contributed by atoms with Crippen LogP contribution in [0.3, 0.4) is 0 Å². The lowest BCUT2D eigenvalue weighted by Crippen LogP contribution is -2.62. The maximum atomic E-state index is 15.7. The van der Waals surface area contributed by atoms with E-state index in [1.54, 1.807) is 13.8 Å². The monoisotopic (exact) mass is 580 g/mol. The van der Waals surface area contributed by atoms with Gasteiger partial charge in [-0.05, 0) is 70.9 Å². The Hall–Kier alpha value is -2.54. The van der Waals surface area contributed by atoms with Crippen molar-refractivity contribution in [2.75, 3.05) is 19.6 Å². The van der Waals surface area contributed by atoms with Gasteiger partial charge in [-0.1, -0.05) is 13.3 Å². The maximum Gasteiger partial charge on any atom is 0.354 e. The third-order valence-corrected chi connectivity index (χ3v) is 8.99. The number of aliphatic hydroxyl groups is 1. The van der Waals surface area contributed by atoms with E-state index in [1.807, 2.05) is 16.7 Å². The van der Waals surface area contributed by atoms with E-state index in [9.17, 15) is 29.7 Å². The van der Waals surface area contributed by atoms with E-state index in [4.69, 9.17) is 10.6 Å². The fraction of sp³-hybridized carbons (Fsp3) is 0.759. The molecule has 0 aromatic carbocycles. The minimum absolute atomic E-state index is 0.0271. The number of nitrogens with zero attached hydrogens (tertiary/aromatic N) is 3. The van der Waals surface area contributed by atoms with Gasteiger partial charge in [0, 0.05) is 43.3 Å². The molecule has 41 heavy (non-hydrogen) atoms. The number of alkyl halides is 1. The first-order valence-electron chi connectivity index (χ1n) is 14.9. The lowest BCUT2D eigenvalue weighted by molar-refractivity contribution is -0.337. The molecule has 0 bridgehead atoms. The van der Waals surface area contributed by atoms with Gasteiger partial charge in [0.05, 0.1) is 12.1 Å². The Morgan fingerprint density at radius 3 is 2.51 bits per heavy atom. The number of fused-ring (bicyclic) bond motifs is 1. The normalized spacial score (nSPS) is 31.3. The van der Waals surface area contributed by atoms with Crippen LogP contribution >= 0.6 is 0 Å². The second kappa shape index (κ2) is 13.2. The van der Waals surface area contributed by atoms with Crippen molar-refractivity contribution >= 4 is 17.7 Å². The predicted molar refractivity (Wildman–Crippen MR) is 148 cm³/mol. The van der Waals surface area contributed by atoms with Gasteiger partial charge in [0.1, 0.15) is 23.5 Å². The largest absolute Gasteiger partial charge is 0.478 e. The molecule has 2 aliphatic heterocycles. The third-order valence-electron chi connectivity index (χ3n) is 8.99. The first kappa shape index (κ1) is 31.4. The molecule has 2 heterocycles. The highest BCUT2D eigenvalue weighted by molar-refractivity contribution is 6.18. The summed E-state index contributed by atoms with van der Waals surface area (Å²) in [5, 5.41) is 31.0. The highest BCUT2D eigenvalue weighted by Crippen LogP contribution is 2.43. The number of nitrogens with two attached hydrogens (primary N) is 1. The summed E-state index contributed by atoms with van der Waals surface area (Å²) < 4.78 is 15.7. The molecule has 4 rings (SSSR count). The Morgan fingerprint density at radius 1 is 1.24 bits per heavy atom. The topological polar surface area (TPSA) is 157 Å². The van der Waals surface area contributed by atoms with Crippen LogP contribution in [0.5, 0.6) is 0 Å². The summed E-state index contributed by atoms with van der Waals surface area (Å²) in [7, 11) is 0. The first-order chi connectivity index (χ1) is 19.5. The van der Waals surface area contributed by atoms with E-state index >= 15 is 4.39 Å². The second-order valence-electron chi connectivity index (χ2n) is 12.0. The molecule has 6 unspecified atom stereocenters. The van der Waals surface area contributed by atoms with Crippen LogP contribution in [0.4, 0.5) is 4.39 Å². The van der Waals surface area contributed by atoms with Crippen LogP contribution in [0.25, 0.3) is 0 Å². The van der Waals surface area contributed by atoms with Gasteiger partial charge in [-0.15, -0.1) is 0 Å². The van der Waals surface area contributed by atoms with E-state index in [0.29, 0.717) is 50.9 Å². The number of hydrogen-bond donors (Lipinski definition) is 4. The highest BCUT2D eigenvalue weighted by Gasteiger charge is 2.51. The van der Waals surface area contributed by atoms with Gasteiger partial charge < -0.3 is 26.0 Å². The van der Waals surface area contributed by atoms with Gasteiger partial charge in [0.2, 0.25) is 0 Å². The number of aliphatic hydroxyl groups excluding tert-OH is 1. The molecule has 2 aliphatic carbocycles. The zero-order valence-corrected chi connectivity index (χ0v) is 24.2. The summed E-state index contributed by atoms with van der Waals surface area (Å²) in [6, 6.07) is -0.769. The molecule has 230 valence electrons. The molecule has 3 fully saturated rings. The average molecular weight is 581 g/mol. The maximum absolute atomic E-state index is 15.7. The van der Waals surface area contributed by atoms with E-state index < -0.39 is 48.1 Å². The van der Waals surface area contributed by atoms with Gasteiger partial charge in [-0.25, -0.2) is 19.0 Å².